The molecule has 0 aliphatic rings. The molecule has 0 aliphatic heterocycles. The average molecular weight is 902 g/mol. The number of hydrogen-bond acceptors (Lipinski definition) is 3. The first-order valence-corrected chi connectivity index (χ1v) is 21.6. The van der Waals surface area contributed by atoms with Gasteiger partial charge < -0.3 is 18.0 Å². The number of hydrogen-bond donors (Lipinski definition) is 0. The smallest absolute Gasteiger partial charge is 0.416 e. The number of nitriles is 1. The number of furan rings is 2. The van der Waals surface area contributed by atoms with E-state index < -0.39 is 23.5 Å². The van der Waals surface area contributed by atoms with Crippen molar-refractivity contribution in [3.8, 4) is 39.7 Å². The van der Waals surface area contributed by atoms with Gasteiger partial charge in [0.15, 0.2) is 0 Å². The first kappa shape index (κ1) is 39.6. The lowest BCUT2D eigenvalue weighted by Crippen LogP contribution is -2.11. The molecular formula is C57H29F6N3O2. The van der Waals surface area contributed by atoms with Crippen molar-refractivity contribution in [1.29, 1.82) is 5.26 Å². The van der Waals surface area contributed by atoms with E-state index in [1.807, 2.05) is 137 Å². The largest absolute Gasteiger partial charge is 0.455 e. The van der Waals surface area contributed by atoms with Crippen molar-refractivity contribution in [1.82, 2.24) is 9.13 Å². The monoisotopic (exact) mass is 901 g/mol. The molecule has 326 valence electrons. The van der Waals surface area contributed by atoms with Gasteiger partial charge in [0, 0.05) is 43.4 Å². The Morgan fingerprint density at radius 3 is 1.44 bits per heavy atom. The third-order valence-corrected chi connectivity index (χ3v) is 13.2. The fraction of sp³-hybridized carbons (Fsp3) is 0.0351. The van der Waals surface area contributed by atoms with Crippen LogP contribution in [-0.4, -0.2) is 9.13 Å². The van der Waals surface area contributed by atoms with Gasteiger partial charge >= 0.3 is 12.4 Å². The Morgan fingerprint density at radius 2 is 0.912 bits per heavy atom. The highest BCUT2D eigenvalue weighted by Gasteiger charge is 2.37. The highest BCUT2D eigenvalue weighted by molar-refractivity contribution is 6.25. The molecule has 4 heterocycles. The van der Waals surface area contributed by atoms with Crippen LogP contribution in [0.4, 0.5) is 26.3 Å². The van der Waals surface area contributed by atoms with Crippen LogP contribution in [0.15, 0.2) is 185 Å². The summed E-state index contributed by atoms with van der Waals surface area (Å²) in [6.45, 7) is 0. The normalized spacial score (nSPS) is 12.5. The third kappa shape index (κ3) is 5.70. The van der Waals surface area contributed by atoms with Crippen LogP contribution in [0.5, 0.6) is 0 Å². The summed E-state index contributed by atoms with van der Waals surface area (Å²) >= 11 is 0. The standard InChI is InChI=1S/C57H29F6N3O2/c58-56(59,60)34-26-33(27-35(29-34)57(61,62)63)31-20-23-45(65-43-15-5-1-13-40(43)52-47(65)24-21-38-36-11-3-7-18-49(36)67-54(38)52)42(28-31)51-32(30-64)10-9-17-46(51)66-44-16-6-2-14-41(44)53-48(66)25-22-39-37-12-4-8-19-50(37)68-55(39)53/h1-29H. The first-order chi connectivity index (χ1) is 33.0. The van der Waals surface area contributed by atoms with Crippen molar-refractivity contribution in [2.24, 2.45) is 0 Å². The van der Waals surface area contributed by atoms with E-state index >= 15 is 0 Å². The van der Waals surface area contributed by atoms with E-state index in [-0.39, 0.29) is 22.8 Å². The number of alkyl halides is 6. The number of benzene rings is 9. The van der Waals surface area contributed by atoms with Gasteiger partial charge in [-0.15, -0.1) is 0 Å². The zero-order valence-corrected chi connectivity index (χ0v) is 35.2. The molecule has 11 heteroatoms. The number of nitrogens with zero attached hydrogens (tertiary/aromatic N) is 3. The van der Waals surface area contributed by atoms with Crippen LogP contribution >= 0.6 is 0 Å². The van der Waals surface area contributed by atoms with Gasteiger partial charge in [0.1, 0.15) is 22.3 Å². The second-order valence-electron chi connectivity index (χ2n) is 16.9. The van der Waals surface area contributed by atoms with E-state index in [1.54, 1.807) is 24.3 Å². The Morgan fingerprint density at radius 1 is 0.412 bits per heavy atom. The van der Waals surface area contributed by atoms with Gasteiger partial charge in [0.25, 0.3) is 0 Å². The summed E-state index contributed by atoms with van der Waals surface area (Å²) in [5.74, 6) is 0. The first-order valence-electron chi connectivity index (χ1n) is 21.6. The van der Waals surface area contributed by atoms with Gasteiger partial charge in [-0.1, -0.05) is 84.9 Å². The number of rotatable bonds is 4. The molecule has 0 radical (unpaired) electrons. The van der Waals surface area contributed by atoms with Crippen LogP contribution in [-0.2, 0) is 12.4 Å². The summed E-state index contributed by atoms with van der Waals surface area (Å²) in [4.78, 5) is 0. The minimum Gasteiger partial charge on any atom is -0.455 e. The minimum absolute atomic E-state index is 0.0747. The van der Waals surface area contributed by atoms with Crippen LogP contribution in [0.3, 0.4) is 0 Å². The fourth-order valence-corrected chi connectivity index (χ4v) is 10.3. The van der Waals surface area contributed by atoms with Gasteiger partial charge in [-0.25, -0.2) is 0 Å². The Hall–Kier alpha value is -8.75. The molecule has 13 aromatic rings. The predicted molar refractivity (Wildman–Crippen MR) is 255 cm³/mol. The van der Waals surface area contributed by atoms with Gasteiger partial charge in [-0.05, 0) is 102 Å². The molecule has 0 saturated carbocycles. The molecule has 0 bridgehead atoms. The topological polar surface area (TPSA) is 59.9 Å². The lowest BCUT2D eigenvalue weighted by Gasteiger charge is -2.21. The fourth-order valence-electron chi connectivity index (χ4n) is 10.3. The Labute approximate surface area is 380 Å². The number of para-hydroxylation sites is 4. The maximum atomic E-state index is 14.4. The van der Waals surface area contributed by atoms with Crippen molar-refractivity contribution in [2.45, 2.75) is 12.4 Å². The van der Waals surface area contributed by atoms with Crippen molar-refractivity contribution >= 4 is 87.5 Å². The van der Waals surface area contributed by atoms with Crippen molar-refractivity contribution < 1.29 is 35.2 Å². The molecular weight excluding hydrogens is 873 g/mol. The predicted octanol–water partition coefficient (Wildman–Crippen LogP) is 16.9. The molecule has 0 spiro atoms. The summed E-state index contributed by atoms with van der Waals surface area (Å²) in [6.07, 6.45) is -10.2. The molecule has 0 atom stereocenters. The molecule has 4 aromatic heterocycles. The zero-order chi connectivity index (χ0) is 46.2. The van der Waals surface area contributed by atoms with Crippen LogP contribution in [0, 0.1) is 11.3 Å². The Balaban J connectivity index is 1.17. The Kier molecular flexibility index (Phi) is 8.23. The second-order valence-corrected chi connectivity index (χ2v) is 16.9. The van der Waals surface area contributed by atoms with E-state index in [4.69, 9.17) is 8.83 Å². The minimum atomic E-state index is -5.08. The summed E-state index contributed by atoms with van der Waals surface area (Å²) in [5.41, 5.74) is 4.72. The SMILES string of the molecule is N#Cc1cccc(-n2c3ccccc3c3c4oc5ccccc5c4ccc32)c1-c1cc(-c2cc(C(F)(F)F)cc(C(F)(F)F)c2)ccc1-n1c2ccccc2c2c3oc4ccccc4c3ccc21. The Bertz CT molecular complexity index is 4300. The molecule has 0 unspecified atom stereocenters. The molecule has 13 rings (SSSR count). The highest BCUT2D eigenvalue weighted by Crippen LogP contribution is 2.48. The van der Waals surface area contributed by atoms with Crippen molar-refractivity contribution in [2.75, 3.05) is 0 Å². The molecule has 0 amide bonds. The average Bonchev–Trinajstić information content (AvgIpc) is 4.10. The molecule has 9 aromatic carbocycles. The van der Waals surface area contributed by atoms with Gasteiger partial charge in [0.05, 0.1) is 67.0 Å². The van der Waals surface area contributed by atoms with Crippen LogP contribution in [0.1, 0.15) is 16.7 Å². The summed E-state index contributed by atoms with van der Waals surface area (Å²) in [6, 6.07) is 53.2. The van der Waals surface area contributed by atoms with Crippen LogP contribution in [0.2, 0.25) is 0 Å². The summed E-state index contributed by atoms with van der Waals surface area (Å²) < 4.78 is 104. The summed E-state index contributed by atoms with van der Waals surface area (Å²) in [7, 11) is 0. The molecule has 68 heavy (non-hydrogen) atoms. The number of fused-ring (bicyclic) bond motifs is 14. The molecule has 5 nitrogen and oxygen atoms in total. The highest BCUT2D eigenvalue weighted by atomic mass is 19.4. The van der Waals surface area contributed by atoms with E-state index in [1.165, 1.54) is 6.07 Å². The van der Waals surface area contributed by atoms with Crippen molar-refractivity contribution in [3.63, 3.8) is 0 Å². The van der Waals surface area contributed by atoms with E-state index in [9.17, 15) is 31.6 Å². The second kappa shape index (κ2) is 14.1. The summed E-state index contributed by atoms with van der Waals surface area (Å²) in [5, 5.41) is 18.2. The van der Waals surface area contributed by atoms with E-state index in [2.05, 4.69) is 6.07 Å². The lowest BCUT2D eigenvalue weighted by atomic mass is 9.91. The van der Waals surface area contributed by atoms with Gasteiger partial charge in [0.2, 0.25) is 0 Å². The number of halogens is 6. The zero-order valence-electron chi connectivity index (χ0n) is 35.2. The van der Waals surface area contributed by atoms with Gasteiger partial charge in [-0.3, -0.25) is 0 Å². The number of aromatic nitrogens is 2. The van der Waals surface area contributed by atoms with E-state index in [0.29, 0.717) is 39.3 Å². The van der Waals surface area contributed by atoms with Crippen molar-refractivity contribution in [3.05, 3.63) is 193 Å². The molecule has 0 N–H and O–H groups in total. The van der Waals surface area contributed by atoms with Crippen LogP contribution < -0.4 is 0 Å². The maximum Gasteiger partial charge on any atom is 0.416 e. The lowest BCUT2D eigenvalue weighted by molar-refractivity contribution is -0.143. The maximum absolute atomic E-state index is 14.4. The van der Waals surface area contributed by atoms with Gasteiger partial charge in [-0.2, -0.15) is 31.6 Å². The quantitative estimate of drug-likeness (QED) is 0.165. The van der Waals surface area contributed by atoms with Crippen LogP contribution in [0.25, 0.3) is 121 Å². The molecule has 0 aliphatic carbocycles. The van der Waals surface area contributed by atoms with E-state index in [0.717, 1.165) is 82.9 Å². The molecule has 0 saturated heterocycles. The molecule has 0 fully saturated rings. The third-order valence-electron chi connectivity index (χ3n) is 13.2.